The zero-order valence-corrected chi connectivity index (χ0v) is 23.2. The van der Waals surface area contributed by atoms with Gasteiger partial charge in [-0.1, -0.05) is 30.3 Å². The third-order valence-corrected chi connectivity index (χ3v) is 6.77. The Bertz CT molecular complexity index is 1440. The predicted octanol–water partition coefficient (Wildman–Crippen LogP) is 6.67. The number of aromatic nitrogens is 3. The first-order chi connectivity index (χ1) is 19.2. The van der Waals surface area contributed by atoms with Gasteiger partial charge in [0.1, 0.15) is 22.8 Å². The average Bonchev–Trinajstić information content (AvgIpc) is 3.39. The maximum atomic E-state index is 13.7. The zero-order chi connectivity index (χ0) is 28.3. The van der Waals surface area contributed by atoms with Gasteiger partial charge in [-0.15, -0.1) is 0 Å². The zero-order valence-electron chi connectivity index (χ0n) is 23.2. The minimum Gasteiger partial charge on any atom is -0.460 e. The summed E-state index contributed by atoms with van der Waals surface area (Å²) in [7, 11) is 0. The molecule has 2 aromatic heterocycles. The number of hydrogen-bond acceptors (Lipinski definition) is 8. The van der Waals surface area contributed by atoms with Crippen LogP contribution in [-0.2, 0) is 9.53 Å². The molecule has 8 nitrogen and oxygen atoms in total. The molecular formula is C31H34FN5O3. The Kier molecular flexibility index (Phi) is 7.82. The highest BCUT2D eigenvalue weighted by Gasteiger charge is 2.31. The number of hydrogen-bond donors (Lipinski definition) is 1. The molecule has 0 amide bonds. The third-order valence-electron chi connectivity index (χ3n) is 6.77. The summed E-state index contributed by atoms with van der Waals surface area (Å²) in [6.45, 7) is 8.86. The van der Waals surface area contributed by atoms with Crippen LogP contribution in [0.15, 0.2) is 71.3 Å². The molecule has 3 heterocycles. The Morgan fingerprint density at radius 1 is 1.05 bits per heavy atom. The molecule has 1 atom stereocenters. The molecule has 1 saturated heterocycles. The van der Waals surface area contributed by atoms with Gasteiger partial charge in [0.2, 0.25) is 5.95 Å². The van der Waals surface area contributed by atoms with E-state index in [-0.39, 0.29) is 23.7 Å². The molecule has 0 aliphatic carbocycles. The van der Waals surface area contributed by atoms with E-state index in [1.165, 1.54) is 12.1 Å². The van der Waals surface area contributed by atoms with Crippen molar-refractivity contribution in [2.45, 2.75) is 52.2 Å². The van der Waals surface area contributed by atoms with Crippen LogP contribution >= 0.6 is 0 Å². The van der Waals surface area contributed by atoms with Crippen LogP contribution < -0.4 is 10.2 Å². The van der Waals surface area contributed by atoms with E-state index in [0.717, 1.165) is 5.56 Å². The first-order valence-corrected chi connectivity index (χ1v) is 13.6. The molecule has 9 heteroatoms. The van der Waals surface area contributed by atoms with Crippen molar-refractivity contribution >= 4 is 17.9 Å². The number of ether oxygens (including phenoxy) is 1. The standard InChI is InChI=1S/C31H34FN5O3/c1-20(21-8-6-5-7-9-21)34-29-33-17-14-25(35-29)27-26(22-10-12-24(32)13-11-22)36-30(39-27)37-18-15-23(16-19-37)28(38)40-31(2,3)4/h5-14,17,20,23H,15-16,18-19H2,1-4H3,(H,33,34,35)/t20-/m0/s1. The van der Waals surface area contributed by atoms with E-state index in [1.54, 1.807) is 24.4 Å². The van der Waals surface area contributed by atoms with E-state index in [0.29, 0.717) is 60.6 Å². The number of anilines is 2. The lowest BCUT2D eigenvalue weighted by atomic mass is 9.97. The summed E-state index contributed by atoms with van der Waals surface area (Å²) in [5, 5.41) is 3.35. The van der Waals surface area contributed by atoms with Crippen LogP contribution in [0.25, 0.3) is 22.7 Å². The van der Waals surface area contributed by atoms with Crippen LogP contribution in [0.4, 0.5) is 16.4 Å². The fourth-order valence-corrected chi connectivity index (χ4v) is 4.69. The second-order valence-electron chi connectivity index (χ2n) is 11.0. The molecule has 1 aliphatic rings. The highest BCUT2D eigenvalue weighted by atomic mass is 19.1. The fourth-order valence-electron chi connectivity index (χ4n) is 4.69. The van der Waals surface area contributed by atoms with Gasteiger partial charge in [-0.25, -0.2) is 14.4 Å². The Balaban J connectivity index is 1.41. The van der Waals surface area contributed by atoms with Crippen molar-refractivity contribution in [1.29, 1.82) is 0 Å². The molecule has 0 bridgehead atoms. The highest BCUT2D eigenvalue weighted by molar-refractivity contribution is 5.77. The van der Waals surface area contributed by atoms with Crippen molar-refractivity contribution in [3.05, 3.63) is 78.2 Å². The van der Waals surface area contributed by atoms with Crippen LogP contribution in [0.3, 0.4) is 0 Å². The fraction of sp³-hybridized carbons (Fsp3) is 0.355. The molecule has 1 fully saturated rings. The van der Waals surface area contributed by atoms with E-state index in [1.807, 2.05) is 62.9 Å². The normalized spacial score (nSPS) is 15.1. The van der Waals surface area contributed by atoms with E-state index in [9.17, 15) is 9.18 Å². The van der Waals surface area contributed by atoms with Crippen molar-refractivity contribution in [2.75, 3.05) is 23.3 Å². The number of esters is 1. The minimum atomic E-state index is -0.514. The van der Waals surface area contributed by atoms with Crippen LogP contribution in [0.1, 0.15) is 52.1 Å². The molecule has 1 aliphatic heterocycles. The number of nitrogens with one attached hydrogen (secondary N) is 1. The number of halogens is 1. The van der Waals surface area contributed by atoms with Gasteiger partial charge in [0.05, 0.1) is 12.0 Å². The molecule has 0 unspecified atom stereocenters. The van der Waals surface area contributed by atoms with Gasteiger partial charge < -0.3 is 19.4 Å². The number of oxazole rings is 1. The van der Waals surface area contributed by atoms with Gasteiger partial charge in [0, 0.05) is 24.8 Å². The van der Waals surface area contributed by atoms with Crippen molar-refractivity contribution in [1.82, 2.24) is 15.0 Å². The maximum Gasteiger partial charge on any atom is 0.309 e. The number of carbonyl (C=O) groups is 1. The van der Waals surface area contributed by atoms with Gasteiger partial charge in [-0.2, -0.15) is 4.98 Å². The van der Waals surface area contributed by atoms with Crippen molar-refractivity contribution < 1.29 is 18.3 Å². The molecule has 4 aromatic rings. The number of benzene rings is 2. The van der Waals surface area contributed by atoms with Crippen molar-refractivity contribution in [3.63, 3.8) is 0 Å². The summed E-state index contributed by atoms with van der Waals surface area (Å²) in [4.78, 5) is 28.6. The Labute approximate surface area is 233 Å². The third kappa shape index (κ3) is 6.47. The lowest BCUT2D eigenvalue weighted by Crippen LogP contribution is -2.39. The summed E-state index contributed by atoms with van der Waals surface area (Å²) in [6.07, 6.45) is 2.94. The minimum absolute atomic E-state index is 0.00965. The SMILES string of the molecule is C[C@H](Nc1nccc(-c2oc(N3CCC(C(=O)OC(C)(C)C)CC3)nc2-c2ccc(F)cc2)n1)c1ccccc1. The van der Waals surface area contributed by atoms with E-state index in [4.69, 9.17) is 19.1 Å². The molecule has 208 valence electrons. The first-order valence-electron chi connectivity index (χ1n) is 13.6. The highest BCUT2D eigenvalue weighted by Crippen LogP contribution is 2.36. The van der Waals surface area contributed by atoms with Crippen molar-refractivity contribution in [3.8, 4) is 22.7 Å². The number of nitrogens with zero attached hydrogens (tertiary/aromatic N) is 4. The monoisotopic (exact) mass is 543 g/mol. The first kappa shape index (κ1) is 27.3. The van der Waals surface area contributed by atoms with Gasteiger partial charge >= 0.3 is 5.97 Å². The molecule has 0 radical (unpaired) electrons. The summed E-state index contributed by atoms with van der Waals surface area (Å²) in [6, 6.07) is 18.4. The molecule has 0 spiro atoms. The second kappa shape index (κ2) is 11.5. The largest absolute Gasteiger partial charge is 0.460 e. The van der Waals surface area contributed by atoms with Crippen LogP contribution in [0.5, 0.6) is 0 Å². The van der Waals surface area contributed by atoms with Crippen molar-refractivity contribution in [2.24, 2.45) is 5.92 Å². The Morgan fingerprint density at radius 3 is 2.42 bits per heavy atom. The van der Waals surface area contributed by atoms with Crippen LogP contribution in [0, 0.1) is 11.7 Å². The van der Waals surface area contributed by atoms with Gasteiger partial charge in [0.25, 0.3) is 6.01 Å². The number of rotatable bonds is 7. The number of piperidine rings is 1. The lowest BCUT2D eigenvalue weighted by Gasteiger charge is -2.31. The maximum absolute atomic E-state index is 13.7. The van der Waals surface area contributed by atoms with E-state index in [2.05, 4.69) is 10.3 Å². The predicted molar refractivity (Wildman–Crippen MR) is 152 cm³/mol. The van der Waals surface area contributed by atoms with Gasteiger partial charge in [-0.05, 0) is 76.4 Å². The average molecular weight is 544 g/mol. The molecule has 2 aromatic carbocycles. The lowest BCUT2D eigenvalue weighted by molar-refractivity contribution is -0.160. The molecule has 5 rings (SSSR count). The number of carbonyl (C=O) groups excluding carboxylic acids is 1. The summed E-state index contributed by atoms with van der Waals surface area (Å²) in [5.74, 6) is 0.256. The molecule has 0 saturated carbocycles. The Hall–Kier alpha value is -4.27. The van der Waals surface area contributed by atoms with Crippen LogP contribution in [-0.4, -0.2) is 39.6 Å². The quantitative estimate of drug-likeness (QED) is 0.258. The van der Waals surface area contributed by atoms with E-state index < -0.39 is 5.60 Å². The molecule has 1 N–H and O–H groups in total. The summed E-state index contributed by atoms with van der Waals surface area (Å²) >= 11 is 0. The smallest absolute Gasteiger partial charge is 0.309 e. The van der Waals surface area contributed by atoms with Gasteiger partial charge in [0.15, 0.2) is 5.76 Å². The summed E-state index contributed by atoms with van der Waals surface area (Å²) < 4.78 is 25.6. The van der Waals surface area contributed by atoms with E-state index >= 15 is 0 Å². The van der Waals surface area contributed by atoms with Gasteiger partial charge in [-0.3, -0.25) is 4.79 Å². The molecule has 40 heavy (non-hydrogen) atoms. The van der Waals surface area contributed by atoms with Crippen LogP contribution in [0.2, 0.25) is 0 Å². The summed E-state index contributed by atoms with van der Waals surface area (Å²) in [5.41, 5.74) is 2.42. The molecular weight excluding hydrogens is 509 g/mol. The topological polar surface area (TPSA) is 93.4 Å². The Morgan fingerprint density at radius 2 is 1.75 bits per heavy atom. The second-order valence-corrected chi connectivity index (χ2v) is 11.0.